The molecule has 1 saturated heterocycles. The molecule has 0 spiro atoms. The molecule has 4 rings (SSSR count). The minimum absolute atomic E-state index is 0.0841. The highest BCUT2D eigenvalue weighted by Crippen LogP contribution is 2.46. The highest BCUT2D eigenvalue weighted by molar-refractivity contribution is 14.1. The van der Waals surface area contributed by atoms with E-state index in [4.69, 9.17) is 9.47 Å². The van der Waals surface area contributed by atoms with Crippen molar-refractivity contribution in [1.82, 2.24) is 4.90 Å². The van der Waals surface area contributed by atoms with Crippen LogP contribution < -0.4 is 4.74 Å². The number of nitrogens with zero attached hydrogens (tertiary/aromatic N) is 1. The molecule has 8 nitrogen and oxygen atoms in total. The zero-order valence-electron chi connectivity index (χ0n) is 22.3. The van der Waals surface area contributed by atoms with Crippen molar-refractivity contribution < 1.29 is 34.4 Å². The van der Waals surface area contributed by atoms with Crippen LogP contribution in [-0.4, -0.2) is 72.6 Å². The van der Waals surface area contributed by atoms with E-state index in [1.807, 2.05) is 42.5 Å². The third-order valence-corrected chi connectivity index (χ3v) is 8.54. The minimum atomic E-state index is -0.941. The third kappa shape index (κ3) is 5.91. The van der Waals surface area contributed by atoms with Gasteiger partial charge in [0.15, 0.2) is 11.5 Å². The van der Waals surface area contributed by atoms with Gasteiger partial charge in [-0.2, -0.15) is 0 Å². The number of carbonyl (C=O) groups is 2. The molecule has 1 aliphatic heterocycles. The fourth-order valence-electron chi connectivity index (χ4n) is 5.86. The first kappa shape index (κ1) is 29.3. The summed E-state index contributed by atoms with van der Waals surface area (Å²) in [5, 5.41) is 32.1. The Morgan fingerprint density at radius 1 is 1.18 bits per heavy atom. The molecule has 0 radical (unpaired) electrons. The SMILES string of the molecule is COCC1=C([C@H](O)CC/C(=C/c2cc(I)c(O)c(OC)c2)c2ccccc2)[C@H](CO)[C@@H]2C(=O)N(C)C(=O)[C@@H]2C1. The lowest BCUT2D eigenvalue weighted by atomic mass is 9.68. The van der Waals surface area contributed by atoms with Gasteiger partial charge in [-0.3, -0.25) is 14.5 Å². The normalized spacial score (nSPS) is 22.4. The number of hydrogen-bond donors (Lipinski definition) is 3. The Kier molecular flexibility index (Phi) is 9.47. The lowest BCUT2D eigenvalue weighted by molar-refractivity contribution is -0.138. The Hall–Kier alpha value is -2.73. The van der Waals surface area contributed by atoms with Crippen LogP contribution in [0, 0.1) is 21.3 Å². The maximum Gasteiger partial charge on any atom is 0.233 e. The van der Waals surface area contributed by atoms with Gasteiger partial charge in [0, 0.05) is 20.1 Å². The average Bonchev–Trinajstić information content (AvgIpc) is 3.15. The Bertz CT molecular complexity index is 1290. The molecule has 208 valence electrons. The number of amides is 2. The van der Waals surface area contributed by atoms with E-state index in [1.165, 1.54) is 14.2 Å². The standard InChI is InChI=1S/C30H34INO7/c1-32-29(36)21-14-20(16-38-2)26(22(15-33)27(21)30(32)37)24(34)10-9-19(18-7-5-4-6-8-18)11-17-12-23(31)28(35)25(13-17)39-3/h4-8,11-13,21-22,24,27,33-35H,9-10,14-16H2,1-3H3/b19-11-/t21-,22+,24-,27-/m1/s1. The molecule has 1 fully saturated rings. The number of ether oxygens (including phenoxy) is 2. The van der Waals surface area contributed by atoms with E-state index in [1.54, 1.807) is 13.2 Å². The van der Waals surface area contributed by atoms with Crippen molar-refractivity contribution in [2.24, 2.45) is 17.8 Å². The molecule has 0 unspecified atom stereocenters. The second kappa shape index (κ2) is 12.6. The molecule has 2 aromatic rings. The first-order valence-corrected chi connectivity index (χ1v) is 13.9. The zero-order valence-corrected chi connectivity index (χ0v) is 24.4. The highest BCUT2D eigenvalue weighted by atomic mass is 127. The number of methoxy groups -OCH3 is 2. The van der Waals surface area contributed by atoms with Gasteiger partial charge in [-0.1, -0.05) is 36.4 Å². The van der Waals surface area contributed by atoms with Gasteiger partial charge in [-0.25, -0.2) is 0 Å². The summed E-state index contributed by atoms with van der Waals surface area (Å²) in [6.45, 7) is -0.134. The number of aliphatic hydroxyl groups is 2. The number of phenols is 1. The Morgan fingerprint density at radius 3 is 2.54 bits per heavy atom. The zero-order chi connectivity index (χ0) is 28.3. The van der Waals surface area contributed by atoms with Gasteiger partial charge >= 0.3 is 0 Å². The number of imide groups is 1. The van der Waals surface area contributed by atoms with Crippen LogP contribution in [0.5, 0.6) is 11.5 Å². The van der Waals surface area contributed by atoms with Crippen molar-refractivity contribution in [3.05, 3.63) is 68.3 Å². The van der Waals surface area contributed by atoms with Gasteiger partial charge in [0.05, 0.1) is 41.8 Å². The summed E-state index contributed by atoms with van der Waals surface area (Å²) in [6, 6.07) is 13.4. The monoisotopic (exact) mass is 647 g/mol. The Balaban J connectivity index is 1.67. The fourth-order valence-corrected chi connectivity index (χ4v) is 6.48. The summed E-state index contributed by atoms with van der Waals surface area (Å²) in [6.07, 6.45) is 2.22. The number of benzene rings is 2. The second-order valence-electron chi connectivity index (χ2n) is 10.00. The number of carbonyl (C=O) groups excluding carboxylic acids is 2. The lowest BCUT2D eigenvalue weighted by Gasteiger charge is -2.36. The quantitative estimate of drug-likeness (QED) is 0.155. The molecule has 2 aliphatic rings. The molecule has 2 amide bonds. The van der Waals surface area contributed by atoms with Gasteiger partial charge < -0.3 is 24.8 Å². The molecule has 4 atom stereocenters. The molecule has 39 heavy (non-hydrogen) atoms. The number of hydrogen-bond acceptors (Lipinski definition) is 7. The summed E-state index contributed by atoms with van der Waals surface area (Å²) in [4.78, 5) is 26.8. The fraction of sp³-hybridized carbons (Fsp3) is 0.400. The van der Waals surface area contributed by atoms with E-state index in [2.05, 4.69) is 22.6 Å². The topological polar surface area (TPSA) is 117 Å². The number of phenolic OH excluding ortho intramolecular Hbond substituents is 1. The van der Waals surface area contributed by atoms with Crippen LogP contribution in [0.2, 0.25) is 0 Å². The maximum atomic E-state index is 12.9. The molecule has 2 aromatic carbocycles. The molecule has 3 N–H and O–H groups in total. The van der Waals surface area contributed by atoms with Gasteiger partial charge in [0.1, 0.15) is 0 Å². The van der Waals surface area contributed by atoms with Crippen molar-refractivity contribution in [3.63, 3.8) is 0 Å². The Labute approximate surface area is 242 Å². The van der Waals surface area contributed by atoms with Crippen LogP contribution in [0.1, 0.15) is 30.4 Å². The number of likely N-dealkylation sites (tertiary alicyclic amines) is 1. The predicted molar refractivity (Wildman–Crippen MR) is 156 cm³/mol. The largest absolute Gasteiger partial charge is 0.504 e. The minimum Gasteiger partial charge on any atom is -0.504 e. The van der Waals surface area contributed by atoms with Crippen LogP contribution in [-0.2, 0) is 14.3 Å². The molecule has 0 saturated carbocycles. The van der Waals surface area contributed by atoms with E-state index < -0.39 is 23.9 Å². The van der Waals surface area contributed by atoms with Gasteiger partial charge in [0.25, 0.3) is 0 Å². The molecular formula is C30H34INO7. The first-order chi connectivity index (χ1) is 18.7. The van der Waals surface area contributed by atoms with Gasteiger partial charge in [-0.05, 0) is 81.8 Å². The average molecular weight is 648 g/mol. The Morgan fingerprint density at radius 2 is 1.90 bits per heavy atom. The molecule has 9 heteroatoms. The molecule has 0 bridgehead atoms. The van der Waals surface area contributed by atoms with Gasteiger partial charge in [0.2, 0.25) is 11.8 Å². The lowest BCUT2D eigenvalue weighted by Crippen LogP contribution is -2.39. The van der Waals surface area contributed by atoms with Crippen LogP contribution in [0.4, 0.5) is 0 Å². The number of aliphatic hydroxyl groups excluding tert-OH is 2. The smallest absolute Gasteiger partial charge is 0.233 e. The van der Waals surface area contributed by atoms with E-state index in [9.17, 15) is 24.9 Å². The number of rotatable bonds is 10. The number of halogens is 1. The van der Waals surface area contributed by atoms with Crippen LogP contribution in [0.25, 0.3) is 11.6 Å². The second-order valence-corrected chi connectivity index (χ2v) is 11.2. The third-order valence-electron chi connectivity index (χ3n) is 7.72. The molecular weight excluding hydrogens is 613 g/mol. The maximum absolute atomic E-state index is 12.9. The highest BCUT2D eigenvalue weighted by Gasteiger charge is 2.53. The van der Waals surface area contributed by atoms with Gasteiger partial charge in [-0.15, -0.1) is 0 Å². The summed E-state index contributed by atoms with van der Waals surface area (Å²) in [5.41, 5.74) is 4.16. The van der Waals surface area contributed by atoms with E-state index >= 15 is 0 Å². The number of fused-ring (bicyclic) bond motifs is 1. The van der Waals surface area contributed by atoms with E-state index in [-0.39, 0.29) is 30.8 Å². The van der Waals surface area contributed by atoms with E-state index in [0.717, 1.165) is 27.2 Å². The van der Waals surface area contributed by atoms with E-state index in [0.29, 0.717) is 34.2 Å². The number of aromatic hydroxyl groups is 1. The molecule has 0 aromatic heterocycles. The summed E-state index contributed by atoms with van der Waals surface area (Å²) < 4.78 is 11.4. The van der Waals surface area contributed by atoms with Crippen LogP contribution in [0.3, 0.4) is 0 Å². The molecule has 1 heterocycles. The predicted octanol–water partition coefficient (Wildman–Crippen LogP) is 3.87. The summed E-state index contributed by atoms with van der Waals surface area (Å²) in [7, 11) is 4.53. The van der Waals surface area contributed by atoms with Crippen LogP contribution >= 0.6 is 22.6 Å². The van der Waals surface area contributed by atoms with Crippen molar-refractivity contribution >= 4 is 46.1 Å². The van der Waals surface area contributed by atoms with Crippen molar-refractivity contribution in [3.8, 4) is 11.5 Å². The van der Waals surface area contributed by atoms with Crippen LogP contribution in [0.15, 0.2) is 53.6 Å². The summed E-state index contributed by atoms with van der Waals surface area (Å²) in [5.74, 6) is -2.00. The summed E-state index contributed by atoms with van der Waals surface area (Å²) >= 11 is 2.06. The molecule has 1 aliphatic carbocycles. The first-order valence-electron chi connectivity index (χ1n) is 12.8. The van der Waals surface area contributed by atoms with Crippen molar-refractivity contribution in [1.29, 1.82) is 0 Å². The van der Waals surface area contributed by atoms with Crippen molar-refractivity contribution in [2.75, 3.05) is 34.5 Å². The number of allylic oxidation sites excluding steroid dienone is 1. The van der Waals surface area contributed by atoms with Crippen molar-refractivity contribution in [2.45, 2.75) is 25.4 Å².